The molecule has 1 aliphatic carbocycles. The van der Waals surface area contributed by atoms with Crippen molar-refractivity contribution in [1.82, 2.24) is 0 Å². The number of hydrogen-bond acceptors (Lipinski definition) is 6. The lowest BCUT2D eigenvalue weighted by Gasteiger charge is -2.38. The molecule has 1 heterocycles. The molecular weight excluding hydrogens is 338 g/mol. The Hall–Kier alpha value is -2.86. The zero-order valence-corrected chi connectivity index (χ0v) is 14.7. The lowest BCUT2D eigenvalue weighted by molar-refractivity contribution is 0.104. The van der Waals surface area contributed by atoms with E-state index in [-0.39, 0.29) is 30.1 Å². The van der Waals surface area contributed by atoms with Gasteiger partial charge < -0.3 is 11.5 Å². The lowest BCUT2D eigenvalue weighted by Crippen LogP contribution is -2.54. The summed E-state index contributed by atoms with van der Waals surface area (Å²) in [7, 11) is 0. The second-order valence-corrected chi connectivity index (χ2v) is 6.37. The van der Waals surface area contributed by atoms with Crippen LogP contribution in [0.25, 0.3) is 11.1 Å². The number of guanidine groups is 2. The van der Waals surface area contributed by atoms with Crippen molar-refractivity contribution in [2.24, 2.45) is 21.5 Å². The van der Waals surface area contributed by atoms with Gasteiger partial charge in [-0.1, -0.05) is 24.3 Å². The number of nitrogens with two attached hydrogens (primary N) is 2. The smallest absolute Gasteiger partial charge is 0.220 e. The molecule has 1 aliphatic heterocycles. The number of carbonyl (C=O) groups excluding carboxylic acids is 1. The van der Waals surface area contributed by atoms with Crippen molar-refractivity contribution in [2.75, 3.05) is 4.90 Å². The van der Waals surface area contributed by atoms with Crippen molar-refractivity contribution in [2.45, 2.75) is 19.5 Å². The van der Waals surface area contributed by atoms with Gasteiger partial charge in [-0.15, -0.1) is 12.4 Å². The highest BCUT2D eigenvalue weighted by molar-refractivity contribution is 6.22. The van der Waals surface area contributed by atoms with Crippen LogP contribution in [0.3, 0.4) is 0 Å². The van der Waals surface area contributed by atoms with Gasteiger partial charge in [0.2, 0.25) is 11.9 Å². The van der Waals surface area contributed by atoms with Gasteiger partial charge in [0.15, 0.2) is 5.78 Å². The average molecular weight is 356 g/mol. The van der Waals surface area contributed by atoms with E-state index in [2.05, 4.69) is 9.98 Å². The standard InChI is InChI=1S/C18H17N5O.ClH/c1-18(2)22-16(19)21-17(20)23(18)10-7-8-13-14(9-10)11-5-3-4-6-12(11)15(13)24;/h3-9H,1-2H3,(H4,19,20,21,22);1H. The van der Waals surface area contributed by atoms with Crippen LogP contribution in [0.5, 0.6) is 0 Å². The van der Waals surface area contributed by atoms with Gasteiger partial charge in [-0.3, -0.25) is 9.69 Å². The Bertz CT molecular complexity index is 948. The summed E-state index contributed by atoms with van der Waals surface area (Å²) in [5.41, 5.74) is 15.2. The van der Waals surface area contributed by atoms with Gasteiger partial charge >= 0.3 is 0 Å². The molecular formula is C18H18ClN5O. The second kappa shape index (κ2) is 5.60. The predicted molar refractivity (Wildman–Crippen MR) is 102 cm³/mol. The molecule has 0 atom stereocenters. The number of halogens is 1. The molecule has 0 saturated heterocycles. The van der Waals surface area contributed by atoms with Crippen LogP contribution >= 0.6 is 12.4 Å². The fourth-order valence-electron chi connectivity index (χ4n) is 3.40. The summed E-state index contributed by atoms with van der Waals surface area (Å²) in [5.74, 6) is 0.495. The molecule has 0 unspecified atom stereocenters. The highest BCUT2D eigenvalue weighted by Gasteiger charge is 2.34. The number of fused-ring (bicyclic) bond motifs is 3. The molecule has 0 fully saturated rings. The minimum absolute atomic E-state index is 0. The predicted octanol–water partition coefficient (Wildman–Crippen LogP) is 2.51. The maximum atomic E-state index is 12.5. The van der Waals surface area contributed by atoms with E-state index < -0.39 is 5.66 Å². The first-order valence-electron chi connectivity index (χ1n) is 7.66. The lowest BCUT2D eigenvalue weighted by atomic mass is 10.0. The van der Waals surface area contributed by atoms with Gasteiger partial charge in [-0.2, -0.15) is 4.99 Å². The zero-order valence-electron chi connectivity index (χ0n) is 13.9. The van der Waals surface area contributed by atoms with Crippen molar-refractivity contribution < 1.29 is 4.79 Å². The highest BCUT2D eigenvalue weighted by atomic mass is 35.5. The fraction of sp³-hybridized carbons (Fsp3) is 0.167. The van der Waals surface area contributed by atoms with E-state index in [0.29, 0.717) is 5.56 Å². The molecule has 7 heteroatoms. The van der Waals surface area contributed by atoms with Crippen molar-refractivity contribution in [1.29, 1.82) is 0 Å². The number of nitrogens with zero attached hydrogens (tertiary/aromatic N) is 3. The molecule has 0 aromatic heterocycles. The normalized spacial score (nSPS) is 17.2. The van der Waals surface area contributed by atoms with Gasteiger partial charge in [-0.05, 0) is 43.2 Å². The molecule has 4 N–H and O–H groups in total. The van der Waals surface area contributed by atoms with Crippen LogP contribution in [0.15, 0.2) is 52.4 Å². The van der Waals surface area contributed by atoms with Crippen LogP contribution in [-0.4, -0.2) is 23.4 Å². The van der Waals surface area contributed by atoms with E-state index in [1.54, 1.807) is 0 Å². The molecule has 0 amide bonds. The summed E-state index contributed by atoms with van der Waals surface area (Å²) in [5, 5.41) is 0. The number of hydrogen-bond donors (Lipinski definition) is 2. The quantitative estimate of drug-likeness (QED) is 0.700. The SMILES string of the molecule is CC1(C)N=C(N)N=C(N)N1c1ccc2c(c1)-c1ccccc1C2=O.Cl. The zero-order chi connectivity index (χ0) is 17.1. The number of ketones is 1. The summed E-state index contributed by atoms with van der Waals surface area (Å²) in [6, 6.07) is 13.3. The third kappa shape index (κ3) is 2.46. The summed E-state index contributed by atoms with van der Waals surface area (Å²) in [4.78, 5) is 22.8. The van der Waals surface area contributed by atoms with E-state index in [0.717, 1.165) is 22.4 Å². The summed E-state index contributed by atoms with van der Waals surface area (Å²) >= 11 is 0. The Morgan fingerprint density at radius 2 is 1.60 bits per heavy atom. The van der Waals surface area contributed by atoms with Crippen LogP contribution < -0.4 is 16.4 Å². The minimum atomic E-state index is -0.660. The minimum Gasteiger partial charge on any atom is -0.369 e. The third-order valence-electron chi connectivity index (χ3n) is 4.36. The molecule has 2 aromatic carbocycles. The maximum Gasteiger partial charge on any atom is 0.220 e. The summed E-state index contributed by atoms with van der Waals surface area (Å²) in [6.45, 7) is 3.82. The first-order valence-corrected chi connectivity index (χ1v) is 7.66. The van der Waals surface area contributed by atoms with Crippen LogP contribution in [0, 0.1) is 0 Å². The van der Waals surface area contributed by atoms with E-state index in [4.69, 9.17) is 11.5 Å². The van der Waals surface area contributed by atoms with Crippen molar-refractivity contribution >= 4 is 35.8 Å². The van der Waals surface area contributed by atoms with Gasteiger partial charge in [0, 0.05) is 16.8 Å². The number of anilines is 1. The molecule has 25 heavy (non-hydrogen) atoms. The van der Waals surface area contributed by atoms with Gasteiger partial charge in [0.1, 0.15) is 5.66 Å². The second-order valence-electron chi connectivity index (χ2n) is 6.37. The topological polar surface area (TPSA) is 97.1 Å². The molecule has 0 bridgehead atoms. The molecule has 2 aliphatic rings. The fourth-order valence-corrected chi connectivity index (χ4v) is 3.40. The molecule has 6 nitrogen and oxygen atoms in total. The van der Waals surface area contributed by atoms with Crippen LogP contribution in [-0.2, 0) is 0 Å². The average Bonchev–Trinajstić information content (AvgIpc) is 2.79. The Kier molecular flexibility index (Phi) is 3.80. The molecule has 0 spiro atoms. The third-order valence-corrected chi connectivity index (χ3v) is 4.36. The van der Waals surface area contributed by atoms with Crippen molar-refractivity contribution in [3.05, 3.63) is 53.6 Å². The number of carbonyl (C=O) groups is 1. The van der Waals surface area contributed by atoms with E-state index >= 15 is 0 Å². The first kappa shape index (κ1) is 17.0. The Morgan fingerprint density at radius 3 is 2.28 bits per heavy atom. The van der Waals surface area contributed by atoms with E-state index in [9.17, 15) is 4.79 Å². The molecule has 0 saturated carbocycles. The van der Waals surface area contributed by atoms with Crippen LogP contribution in [0.1, 0.15) is 29.8 Å². The Morgan fingerprint density at radius 1 is 0.960 bits per heavy atom. The van der Waals surface area contributed by atoms with E-state index in [1.165, 1.54) is 0 Å². The van der Waals surface area contributed by atoms with Crippen molar-refractivity contribution in [3.63, 3.8) is 0 Å². The number of benzene rings is 2. The summed E-state index contributed by atoms with van der Waals surface area (Å²) < 4.78 is 0. The molecule has 2 aromatic rings. The van der Waals surface area contributed by atoms with Gasteiger partial charge in [-0.25, -0.2) is 4.99 Å². The molecule has 0 radical (unpaired) electrons. The number of rotatable bonds is 1. The maximum absolute atomic E-state index is 12.5. The largest absolute Gasteiger partial charge is 0.369 e. The molecule has 4 rings (SSSR count). The van der Waals surface area contributed by atoms with E-state index in [1.807, 2.05) is 61.2 Å². The number of aliphatic imine (C=N–C) groups is 2. The van der Waals surface area contributed by atoms with Gasteiger partial charge in [0.05, 0.1) is 0 Å². The highest BCUT2D eigenvalue weighted by Crippen LogP contribution is 2.39. The van der Waals surface area contributed by atoms with Crippen LogP contribution in [0.4, 0.5) is 5.69 Å². The van der Waals surface area contributed by atoms with Crippen LogP contribution in [0.2, 0.25) is 0 Å². The Labute approximate surface area is 151 Å². The van der Waals surface area contributed by atoms with Gasteiger partial charge in [0.25, 0.3) is 0 Å². The monoisotopic (exact) mass is 355 g/mol. The van der Waals surface area contributed by atoms with Crippen molar-refractivity contribution in [3.8, 4) is 11.1 Å². The first-order chi connectivity index (χ1) is 11.4. The Balaban J connectivity index is 0.00000182. The summed E-state index contributed by atoms with van der Waals surface area (Å²) in [6.07, 6.45) is 0. The molecule has 128 valence electrons.